The molecule has 1 N–H and O–H groups in total. The Morgan fingerprint density at radius 1 is 1.14 bits per heavy atom. The van der Waals surface area contributed by atoms with Crippen molar-refractivity contribution in [2.75, 3.05) is 31.3 Å². The maximum absolute atomic E-state index is 12.4. The number of benzene rings is 2. The molecule has 0 unspecified atom stereocenters. The van der Waals surface area contributed by atoms with Gasteiger partial charge in [0.2, 0.25) is 5.91 Å². The third kappa shape index (κ3) is 4.14. The molecular weight excluding hydrogens is 384 g/mol. The molecule has 0 spiro atoms. The van der Waals surface area contributed by atoms with Gasteiger partial charge in [0.25, 0.3) is 5.91 Å². The lowest BCUT2D eigenvalue weighted by atomic mass is 10.2. The van der Waals surface area contributed by atoms with E-state index in [1.807, 2.05) is 6.07 Å². The lowest BCUT2D eigenvalue weighted by Crippen LogP contribution is -2.39. The SMILES string of the molecule is O=C(COc1ccc(Cl)cc1)N[C@@H]1CC(=O)N(c2ccc3c(c2)OCCO3)C1. The van der Waals surface area contributed by atoms with Crippen molar-refractivity contribution in [1.29, 1.82) is 0 Å². The molecule has 28 heavy (non-hydrogen) atoms. The smallest absolute Gasteiger partial charge is 0.258 e. The first-order valence-electron chi connectivity index (χ1n) is 8.96. The lowest BCUT2D eigenvalue weighted by Gasteiger charge is -2.22. The first-order chi connectivity index (χ1) is 13.6. The average Bonchev–Trinajstić information content (AvgIpc) is 3.07. The molecule has 0 radical (unpaired) electrons. The van der Waals surface area contributed by atoms with Gasteiger partial charge in [-0.1, -0.05) is 11.6 Å². The van der Waals surface area contributed by atoms with E-state index in [9.17, 15) is 9.59 Å². The third-order valence-electron chi connectivity index (χ3n) is 4.51. The van der Waals surface area contributed by atoms with Crippen LogP contribution >= 0.6 is 11.6 Å². The minimum absolute atomic E-state index is 0.0550. The fourth-order valence-corrected chi connectivity index (χ4v) is 3.33. The first-order valence-corrected chi connectivity index (χ1v) is 9.34. The number of fused-ring (bicyclic) bond motifs is 1. The summed E-state index contributed by atoms with van der Waals surface area (Å²) in [7, 11) is 0. The number of carbonyl (C=O) groups excluding carboxylic acids is 2. The van der Waals surface area contributed by atoms with Crippen LogP contribution in [-0.4, -0.2) is 44.2 Å². The summed E-state index contributed by atoms with van der Waals surface area (Å²) in [6, 6.07) is 11.9. The summed E-state index contributed by atoms with van der Waals surface area (Å²) in [5.74, 6) is 1.52. The Morgan fingerprint density at radius 3 is 2.68 bits per heavy atom. The van der Waals surface area contributed by atoms with E-state index in [1.54, 1.807) is 41.3 Å². The van der Waals surface area contributed by atoms with Crippen molar-refractivity contribution in [2.24, 2.45) is 0 Å². The summed E-state index contributed by atoms with van der Waals surface area (Å²) in [6.07, 6.45) is 0.237. The zero-order chi connectivity index (χ0) is 19.5. The number of anilines is 1. The molecule has 2 aliphatic rings. The quantitative estimate of drug-likeness (QED) is 0.831. The third-order valence-corrected chi connectivity index (χ3v) is 4.76. The fraction of sp³-hybridized carbons (Fsp3) is 0.300. The van der Waals surface area contributed by atoms with Crippen LogP contribution in [0.1, 0.15) is 6.42 Å². The molecule has 0 saturated carbocycles. The molecule has 4 rings (SSSR count). The van der Waals surface area contributed by atoms with Gasteiger partial charge in [-0.15, -0.1) is 0 Å². The minimum atomic E-state index is -0.281. The largest absolute Gasteiger partial charge is 0.486 e. The summed E-state index contributed by atoms with van der Waals surface area (Å²) >= 11 is 5.82. The molecule has 2 heterocycles. The summed E-state index contributed by atoms with van der Waals surface area (Å²) in [6.45, 7) is 1.26. The molecule has 2 aromatic rings. The van der Waals surface area contributed by atoms with Crippen molar-refractivity contribution < 1.29 is 23.8 Å². The number of ether oxygens (including phenoxy) is 3. The maximum atomic E-state index is 12.4. The highest BCUT2D eigenvalue weighted by Gasteiger charge is 2.32. The summed E-state index contributed by atoms with van der Waals surface area (Å²) < 4.78 is 16.5. The Morgan fingerprint density at radius 2 is 1.89 bits per heavy atom. The van der Waals surface area contributed by atoms with E-state index in [1.165, 1.54) is 0 Å². The van der Waals surface area contributed by atoms with Crippen molar-refractivity contribution >= 4 is 29.1 Å². The Kier molecular flexibility index (Phi) is 5.25. The predicted octanol–water partition coefficient (Wildman–Crippen LogP) is 2.41. The number of nitrogens with zero attached hydrogens (tertiary/aromatic N) is 1. The number of halogens is 1. The standard InChI is InChI=1S/C20H19ClN2O5/c21-13-1-4-16(5-2-13)28-12-19(24)22-14-9-20(25)23(11-14)15-3-6-17-18(10-15)27-8-7-26-17/h1-6,10,14H,7-9,11-12H2,(H,22,24)/t14-/m1/s1. The van der Waals surface area contributed by atoms with Crippen molar-refractivity contribution in [2.45, 2.75) is 12.5 Å². The van der Waals surface area contributed by atoms with Gasteiger partial charge in [0, 0.05) is 29.7 Å². The molecule has 146 valence electrons. The second-order valence-electron chi connectivity index (χ2n) is 6.54. The molecule has 1 fully saturated rings. The van der Waals surface area contributed by atoms with Crippen molar-refractivity contribution in [1.82, 2.24) is 5.32 Å². The highest BCUT2D eigenvalue weighted by molar-refractivity contribution is 6.30. The molecular formula is C20H19ClN2O5. The van der Waals surface area contributed by atoms with Gasteiger partial charge < -0.3 is 24.4 Å². The number of nitrogens with one attached hydrogen (secondary N) is 1. The number of rotatable bonds is 5. The van der Waals surface area contributed by atoms with Gasteiger partial charge in [-0.2, -0.15) is 0 Å². The molecule has 2 aliphatic heterocycles. The summed E-state index contributed by atoms with van der Waals surface area (Å²) in [4.78, 5) is 26.2. The van der Waals surface area contributed by atoms with Crippen molar-refractivity contribution in [3.8, 4) is 17.2 Å². The van der Waals surface area contributed by atoms with E-state index in [4.69, 9.17) is 25.8 Å². The van der Waals surface area contributed by atoms with E-state index in [2.05, 4.69) is 5.32 Å². The summed E-state index contributed by atoms with van der Waals surface area (Å²) in [5.41, 5.74) is 0.725. The molecule has 1 atom stereocenters. The van der Waals surface area contributed by atoms with Crippen LogP contribution in [0.4, 0.5) is 5.69 Å². The van der Waals surface area contributed by atoms with Crippen LogP contribution in [-0.2, 0) is 9.59 Å². The van der Waals surface area contributed by atoms with Gasteiger partial charge in [-0.3, -0.25) is 9.59 Å². The normalized spacial score (nSPS) is 18.1. The van der Waals surface area contributed by atoms with Crippen LogP contribution < -0.4 is 24.4 Å². The molecule has 2 aromatic carbocycles. The first kappa shape index (κ1) is 18.4. The highest BCUT2D eigenvalue weighted by atomic mass is 35.5. The van der Waals surface area contributed by atoms with Crippen molar-refractivity contribution in [3.63, 3.8) is 0 Å². The Balaban J connectivity index is 1.33. The van der Waals surface area contributed by atoms with Crippen LogP contribution in [0.15, 0.2) is 42.5 Å². The van der Waals surface area contributed by atoms with Crippen LogP contribution in [0, 0.1) is 0 Å². The maximum Gasteiger partial charge on any atom is 0.258 e. The van der Waals surface area contributed by atoms with Gasteiger partial charge in [0.1, 0.15) is 19.0 Å². The van der Waals surface area contributed by atoms with E-state index >= 15 is 0 Å². The Hall–Kier alpha value is -2.93. The van der Waals surface area contributed by atoms with E-state index in [-0.39, 0.29) is 30.9 Å². The van der Waals surface area contributed by atoms with Gasteiger partial charge in [-0.05, 0) is 36.4 Å². The number of hydrogen-bond donors (Lipinski definition) is 1. The lowest BCUT2D eigenvalue weighted by molar-refractivity contribution is -0.123. The molecule has 8 heteroatoms. The average molecular weight is 403 g/mol. The van der Waals surface area contributed by atoms with E-state index in [0.29, 0.717) is 42.0 Å². The van der Waals surface area contributed by atoms with Crippen molar-refractivity contribution in [3.05, 3.63) is 47.5 Å². The minimum Gasteiger partial charge on any atom is -0.486 e. The predicted molar refractivity (Wildman–Crippen MR) is 103 cm³/mol. The second-order valence-corrected chi connectivity index (χ2v) is 6.98. The number of hydrogen-bond acceptors (Lipinski definition) is 5. The second kappa shape index (κ2) is 7.98. The van der Waals surface area contributed by atoms with E-state index < -0.39 is 0 Å². The molecule has 7 nitrogen and oxygen atoms in total. The zero-order valence-electron chi connectivity index (χ0n) is 15.0. The molecule has 0 aliphatic carbocycles. The van der Waals surface area contributed by atoms with Gasteiger partial charge in [0.15, 0.2) is 18.1 Å². The van der Waals surface area contributed by atoms with Gasteiger partial charge in [0.05, 0.1) is 6.04 Å². The van der Waals surface area contributed by atoms with Crippen LogP contribution in [0.25, 0.3) is 0 Å². The van der Waals surface area contributed by atoms with Crippen LogP contribution in [0.2, 0.25) is 5.02 Å². The Bertz CT molecular complexity index is 887. The number of carbonyl (C=O) groups is 2. The van der Waals surface area contributed by atoms with Crippen LogP contribution in [0.3, 0.4) is 0 Å². The fourth-order valence-electron chi connectivity index (χ4n) is 3.20. The topological polar surface area (TPSA) is 77.1 Å². The Labute approximate surface area is 167 Å². The number of amides is 2. The molecule has 1 saturated heterocycles. The zero-order valence-corrected chi connectivity index (χ0v) is 15.8. The van der Waals surface area contributed by atoms with Crippen LogP contribution in [0.5, 0.6) is 17.2 Å². The van der Waals surface area contributed by atoms with Gasteiger partial charge in [-0.25, -0.2) is 0 Å². The van der Waals surface area contributed by atoms with Gasteiger partial charge >= 0.3 is 0 Å². The molecule has 2 amide bonds. The molecule has 0 aromatic heterocycles. The molecule has 0 bridgehead atoms. The van der Waals surface area contributed by atoms with E-state index in [0.717, 1.165) is 5.69 Å². The highest BCUT2D eigenvalue weighted by Crippen LogP contribution is 2.35. The monoisotopic (exact) mass is 402 g/mol. The summed E-state index contributed by atoms with van der Waals surface area (Å²) in [5, 5.41) is 3.44.